The number of hydrogen-bond acceptors (Lipinski definition) is 2. The van der Waals surface area contributed by atoms with Crippen molar-refractivity contribution in [1.82, 2.24) is 0 Å². The van der Waals surface area contributed by atoms with E-state index in [1.807, 2.05) is 13.0 Å². The van der Waals surface area contributed by atoms with Crippen LogP contribution in [0.2, 0.25) is 0 Å². The number of fused-ring (bicyclic) bond motifs is 1. The maximum atomic E-state index is 13.3. The highest BCUT2D eigenvalue weighted by molar-refractivity contribution is 5.43. The molecule has 2 N–H and O–H groups in total. The summed E-state index contributed by atoms with van der Waals surface area (Å²) in [4.78, 5) is 0. The second-order valence-corrected chi connectivity index (χ2v) is 5.28. The van der Waals surface area contributed by atoms with Gasteiger partial charge in [-0.2, -0.15) is 0 Å². The van der Waals surface area contributed by atoms with E-state index in [1.54, 1.807) is 12.1 Å². The van der Waals surface area contributed by atoms with E-state index in [1.165, 1.54) is 0 Å². The van der Waals surface area contributed by atoms with Crippen LogP contribution in [0.5, 0.6) is 5.75 Å². The lowest BCUT2D eigenvalue weighted by molar-refractivity contribution is 0.254. The highest BCUT2D eigenvalue weighted by Gasteiger charge is 2.21. The quantitative estimate of drug-likeness (QED) is 0.860. The molecule has 5 heteroatoms. The van der Waals surface area contributed by atoms with Crippen molar-refractivity contribution in [3.05, 3.63) is 64.5 Å². The first-order valence-corrected chi connectivity index (χ1v) is 6.65. The number of halogens is 3. The van der Waals surface area contributed by atoms with Crippen LogP contribution in [0.15, 0.2) is 30.3 Å². The van der Waals surface area contributed by atoms with Gasteiger partial charge in [-0.3, -0.25) is 0 Å². The van der Waals surface area contributed by atoms with Crippen molar-refractivity contribution in [2.75, 3.05) is 0 Å². The summed E-state index contributed by atoms with van der Waals surface area (Å²) in [6.45, 7) is 1.96. The van der Waals surface area contributed by atoms with Crippen LogP contribution in [0.1, 0.15) is 29.7 Å². The lowest BCUT2D eigenvalue weighted by Gasteiger charge is -2.14. The Morgan fingerprint density at radius 2 is 1.76 bits per heavy atom. The SMILES string of the molecule is CC1Cc2cc(C(N)c3cc(F)c(F)c(F)c3)ccc2O1. The molecule has 110 valence electrons. The van der Waals surface area contributed by atoms with Gasteiger partial charge in [0, 0.05) is 6.42 Å². The zero-order valence-corrected chi connectivity index (χ0v) is 11.4. The van der Waals surface area contributed by atoms with Crippen LogP contribution < -0.4 is 10.5 Å². The van der Waals surface area contributed by atoms with Crippen LogP contribution in [0.3, 0.4) is 0 Å². The molecule has 0 saturated heterocycles. The third-order valence-corrected chi connectivity index (χ3v) is 3.64. The molecule has 0 bridgehead atoms. The van der Waals surface area contributed by atoms with Crippen molar-refractivity contribution >= 4 is 0 Å². The van der Waals surface area contributed by atoms with Gasteiger partial charge in [0.05, 0.1) is 6.04 Å². The molecule has 0 fully saturated rings. The Bertz CT molecular complexity index is 679. The largest absolute Gasteiger partial charge is 0.490 e. The Hall–Kier alpha value is -2.01. The van der Waals surface area contributed by atoms with E-state index >= 15 is 0 Å². The second-order valence-electron chi connectivity index (χ2n) is 5.28. The van der Waals surface area contributed by atoms with Crippen molar-refractivity contribution in [3.8, 4) is 5.75 Å². The van der Waals surface area contributed by atoms with E-state index in [-0.39, 0.29) is 11.7 Å². The normalized spacial score (nSPS) is 18.2. The fourth-order valence-electron chi connectivity index (χ4n) is 2.58. The first-order valence-electron chi connectivity index (χ1n) is 6.65. The number of ether oxygens (including phenoxy) is 1. The molecule has 3 rings (SSSR count). The standard InChI is InChI=1S/C16H14F3NO/c1-8-4-10-5-9(2-3-14(10)21-8)16(20)11-6-12(17)15(19)13(18)7-11/h2-3,5-8,16H,4,20H2,1H3. The smallest absolute Gasteiger partial charge is 0.194 e. The lowest BCUT2D eigenvalue weighted by Crippen LogP contribution is -2.13. The van der Waals surface area contributed by atoms with Crippen molar-refractivity contribution in [3.63, 3.8) is 0 Å². The first-order chi connectivity index (χ1) is 9.95. The van der Waals surface area contributed by atoms with E-state index in [9.17, 15) is 13.2 Å². The van der Waals surface area contributed by atoms with E-state index < -0.39 is 23.5 Å². The van der Waals surface area contributed by atoms with Gasteiger partial charge < -0.3 is 10.5 Å². The Balaban J connectivity index is 1.96. The minimum absolute atomic E-state index is 0.104. The van der Waals surface area contributed by atoms with Crippen LogP contribution >= 0.6 is 0 Å². The van der Waals surface area contributed by atoms with Gasteiger partial charge >= 0.3 is 0 Å². The molecule has 1 aliphatic rings. The van der Waals surface area contributed by atoms with Gasteiger partial charge in [-0.05, 0) is 41.8 Å². The maximum Gasteiger partial charge on any atom is 0.194 e. The van der Waals surface area contributed by atoms with Gasteiger partial charge in [0.15, 0.2) is 17.5 Å². The molecule has 0 spiro atoms. The molecule has 2 unspecified atom stereocenters. The number of hydrogen-bond donors (Lipinski definition) is 1. The number of benzene rings is 2. The zero-order valence-electron chi connectivity index (χ0n) is 11.4. The summed E-state index contributed by atoms with van der Waals surface area (Å²) in [6, 6.07) is 6.54. The van der Waals surface area contributed by atoms with Gasteiger partial charge in [-0.15, -0.1) is 0 Å². The fraction of sp³-hybridized carbons (Fsp3) is 0.250. The molecule has 0 saturated carbocycles. The van der Waals surface area contributed by atoms with Gasteiger partial charge in [-0.1, -0.05) is 12.1 Å². The molecule has 2 atom stereocenters. The Labute approximate surface area is 120 Å². The zero-order chi connectivity index (χ0) is 15.1. The Morgan fingerprint density at radius 1 is 1.10 bits per heavy atom. The van der Waals surface area contributed by atoms with Crippen LogP contribution in [-0.4, -0.2) is 6.10 Å². The second kappa shape index (κ2) is 5.07. The van der Waals surface area contributed by atoms with Gasteiger partial charge in [0.1, 0.15) is 11.9 Å². The molecule has 2 aromatic rings. The predicted molar refractivity (Wildman–Crippen MR) is 72.6 cm³/mol. The summed E-state index contributed by atoms with van der Waals surface area (Å²) >= 11 is 0. The summed E-state index contributed by atoms with van der Waals surface area (Å²) in [5, 5.41) is 0. The van der Waals surface area contributed by atoms with Crippen molar-refractivity contribution < 1.29 is 17.9 Å². The summed E-state index contributed by atoms with van der Waals surface area (Å²) in [5.41, 5.74) is 7.95. The summed E-state index contributed by atoms with van der Waals surface area (Å²) in [6.07, 6.45) is 0.870. The van der Waals surface area contributed by atoms with Gasteiger partial charge in [0.2, 0.25) is 0 Å². The van der Waals surface area contributed by atoms with Crippen molar-refractivity contribution in [2.45, 2.75) is 25.5 Å². The van der Waals surface area contributed by atoms with Crippen molar-refractivity contribution in [1.29, 1.82) is 0 Å². The van der Waals surface area contributed by atoms with Crippen LogP contribution in [0.4, 0.5) is 13.2 Å². The molecular weight excluding hydrogens is 279 g/mol. The minimum Gasteiger partial charge on any atom is -0.490 e. The van der Waals surface area contributed by atoms with Crippen LogP contribution in [0, 0.1) is 17.5 Å². The average Bonchev–Trinajstić information content (AvgIpc) is 2.82. The first kappa shape index (κ1) is 13.9. The topological polar surface area (TPSA) is 35.2 Å². The molecule has 0 radical (unpaired) electrons. The lowest BCUT2D eigenvalue weighted by atomic mass is 9.96. The number of rotatable bonds is 2. The molecule has 0 aliphatic carbocycles. The third kappa shape index (κ3) is 2.49. The molecule has 2 aromatic carbocycles. The molecule has 1 heterocycles. The van der Waals surface area contributed by atoms with Crippen LogP contribution in [-0.2, 0) is 6.42 Å². The van der Waals surface area contributed by atoms with E-state index in [0.29, 0.717) is 5.56 Å². The molecular formula is C16H14F3NO. The van der Waals surface area contributed by atoms with Gasteiger partial charge in [0.25, 0.3) is 0 Å². The summed E-state index contributed by atoms with van der Waals surface area (Å²) < 4.78 is 45.2. The average molecular weight is 293 g/mol. The molecule has 1 aliphatic heterocycles. The highest BCUT2D eigenvalue weighted by Crippen LogP contribution is 2.32. The van der Waals surface area contributed by atoms with E-state index in [2.05, 4.69) is 0 Å². The Morgan fingerprint density at radius 3 is 2.43 bits per heavy atom. The van der Waals surface area contributed by atoms with E-state index in [0.717, 1.165) is 29.9 Å². The third-order valence-electron chi connectivity index (χ3n) is 3.64. The van der Waals surface area contributed by atoms with Crippen LogP contribution in [0.25, 0.3) is 0 Å². The summed E-state index contributed by atoms with van der Waals surface area (Å²) in [5.74, 6) is -3.16. The van der Waals surface area contributed by atoms with E-state index in [4.69, 9.17) is 10.5 Å². The Kier molecular flexibility index (Phi) is 3.37. The maximum absolute atomic E-state index is 13.3. The molecule has 0 aromatic heterocycles. The van der Waals surface area contributed by atoms with Gasteiger partial charge in [-0.25, -0.2) is 13.2 Å². The highest BCUT2D eigenvalue weighted by atomic mass is 19.2. The molecule has 21 heavy (non-hydrogen) atoms. The monoisotopic (exact) mass is 293 g/mol. The summed E-state index contributed by atoms with van der Waals surface area (Å²) in [7, 11) is 0. The molecule has 2 nitrogen and oxygen atoms in total. The number of nitrogens with two attached hydrogens (primary N) is 1. The minimum atomic E-state index is -1.48. The predicted octanol–water partition coefficient (Wildman–Crippen LogP) is 3.48. The molecule has 0 amide bonds. The van der Waals surface area contributed by atoms with Crippen molar-refractivity contribution in [2.24, 2.45) is 5.73 Å². The fourth-order valence-corrected chi connectivity index (χ4v) is 2.58.